The van der Waals surface area contributed by atoms with E-state index in [1.165, 1.54) is 44.5 Å². The maximum atomic E-state index is 4.98. The molecule has 298 valence electrons. The highest BCUT2D eigenvalue weighted by Gasteiger charge is 2.37. The fourth-order valence-corrected chi connectivity index (χ4v) is 10.2. The van der Waals surface area contributed by atoms with E-state index >= 15 is 0 Å². The average Bonchev–Trinajstić information content (AvgIpc) is 3.69. The van der Waals surface area contributed by atoms with Crippen LogP contribution in [0.1, 0.15) is 67.1 Å². The summed E-state index contributed by atoms with van der Waals surface area (Å²) in [5.41, 5.74) is 19.3. The number of azo groups is 1. The van der Waals surface area contributed by atoms with Crippen LogP contribution in [0, 0.1) is 0 Å². The minimum atomic E-state index is -0.203. The van der Waals surface area contributed by atoms with Crippen LogP contribution in [0.15, 0.2) is 216 Å². The maximum absolute atomic E-state index is 4.98. The first kappa shape index (κ1) is 37.6. The Balaban J connectivity index is 0.995. The number of hydrogen-bond acceptors (Lipinski definition) is 3. The molecule has 0 amide bonds. The molecule has 0 unspecified atom stereocenters. The first-order chi connectivity index (χ1) is 30.3. The molecule has 0 atom stereocenters. The van der Waals surface area contributed by atoms with E-state index in [1.807, 2.05) is 12.1 Å². The molecule has 3 heteroatoms. The zero-order chi connectivity index (χ0) is 42.0. The van der Waals surface area contributed by atoms with Crippen LogP contribution in [-0.2, 0) is 10.8 Å². The Morgan fingerprint density at radius 2 is 0.806 bits per heavy atom. The van der Waals surface area contributed by atoms with Gasteiger partial charge in [-0.1, -0.05) is 191 Å². The highest BCUT2D eigenvalue weighted by molar-refractivity contribution is 6.03. The van der Waals surface area contributed by atoms with Gasteiger partial charge in [0.2, 0.25) is 0 Å². The van der Waals surface area contributed by atoms with Gasteiger partial charge in [0.15, 0.2) is 0 Å². The van der Waals surface area contributed by atoms with Crippen molar-refractivity contribution in [1.82, 2.24) is 0 Å². The van der Waals surface area contributed by atoms with Crippen molar-refractivity contribution in [2.24, 2.45) is 10.2 Å². The van der Waals surface area contributed by atoms with E-state index in [4.69, 9.17) is 10.2 Å². The lowest BCUT2D eigenvalue weighted by atomic mass is 9.82. The third kappa shape index (κ3) is 6.10. The molecule has 62 heavy (non-hydrogen) atoms. The van der Waals surface area contributed by atoms with Crippen LogP contribution in [-0.4, -0.2) is 0 Å². The summed E-state index contributed by atoms with van der Waals surface area (Å²) in [6.45, 7) is 9.43. The Kier molecular flexibility index (Phi) is 8.91. The second-order valence-corrected chi connectivity index (χ2v) is 17.8. The van der Waals surface area contributed by atoms with Gasteiger partial charge < -0.3 is 4.90 Å². The van der Waals surface area contributed by atoms with Gasteiger partial charge >= 0.3 is 0 Å². The molecule has 0 bridgehead atoms. The Morgan fingerprint density at radius 3 is 1.35 bits per heavy atom. The molecule has 11 rings (SSSR count). The molecule has 0 fully saturated rings. The first-order valence-electron chi connectivity index (χ1n) is 21.7. The van der Waals surface area contributed by atoms with Gasteiger partial charge in [-0.25, -0.2) is 0 Å². The monoisotopic (exact) mass is 797 g/mol. The topological polar surface area (TPSA) is 28.0 Å². The first-order valence-corrected chi connectivity index (χ1v) is 21.7. The fraction of sp³-hybridized carbons (Fsp3) is 0.119. The molecule has 0 spiro atoms. The quantitative estimate of drug-likeness (QED) is 0.141. The third-order valence-electron chi connectivity index (χ3n) is 13.5. The summed E-state index contributed by atoms with van der Waals surface area (Å²) in [5.74, 6) is 0. The van der Waals surface area contributed by atoms with Crippen molar-refractivity contribution < 1.29 is 0 Å². The summed E-state index contributed by atoms with van der Waals surface area (Å²) in [6, 6.07) is 74.5. The van der Waals surface area contributed by atoms with Crippen LogP contribution in [0.25, 0.3) is 44.2 Å². The molecule has 0 saturated carbocycles. The van der Waals surface area contributed by atoms with Gasteiger partial charge in [0, 0.05) is 33.3 Å². The molecule has 0 aliphatic heterocycles. The largest absolute Gasteiger partial charge is 0.310 e. The number of anilines is 3. The van der Waals surface area contributed by atoms with Crippen molar-refractivity contribution in [1.29, 1.82) is 0 Å². The average molecular weight is 798 g/mol. The van der Waals surface area contributed by atoms with E-state index < -0.39 is 0 Å². The lowest BCUT2D eigenvalue weighted by Crippen LogP contribution is -2.18. The smallest absolute Gasteiger partial charge is 0.121 e. The van der Waals surface area contributed by atoms with Crippen LogP contribution in [0.4, 0.5) is 22.7 Å². The number of hydrogen-bond donors (Lipinski definition) is 0. The zero-order valence-corrected chi connectivity index (χ0v) is 35.5. The maximum Gasteiger partial charge on any atom is 0.121 e. The van der Waals surface area contributed by atoms with Crippen LogP contribution < -0.4 is 4.90 Å². The molecule has 0 saturated heterocycles. The van der Waals surface area contributed by atoms with E-state index in [9.17, 15) is 0 Å². The molecule has 0 heterocycles. The molecular formula is C59H47N3. The number of nitrogens with zero attached hydrogens (tertiary/aromatic N) is 3. The Labute approximate surface area is 364 Å². The molecule has 2 aliphatic carbocycles. The van der Waals surface area contributed by atoms with Crippen molar-refractivity contribution in [3.63, 3.8) is 0 Å². The summed E-state index contributed by atoms with van der Waals surface area (Å²) in [4.78, 5) is 2.44. The van der Waals surface area contributed by atoms with Crippen molar-refractivity contribution >= 4 is 33.5 Å². The highest BCUT2D eigenvalue weighted by atomic mass is 15.1. The predicted octanol–water partition coefficient (Wildman–Crippen LogP) is 16.5. The summed E-state index contributed by atoms with van der Waals surface area (Å²) in [6.07, 6.45) is 0. The zero-order valence-electron chi connectivity index (χ0n) is 35.5. The molecule has 2 aliphatic rings. The Bertz CT molecular complexity index is 3030. The summed E-state index contributed by atoms with van der Waals surface area (Å²) < 4.78 is 0. The van der Waals surface area contributed by atoms with Gasteiger partial charge in [0.1, 0.15) is 6.04 Å². The normalized spacial score (nSPS) is 14.1. The van der Waals surface area contributed by atoms with Crippen LogP contribution >= 0.6 is 0 Å². The minimum Gasteiger partial charge on any atom is -0.310 e. The van der Waals surface area contributed by atoms with E-state index in [1.54, 1.807) is 0 Å². The predicted molar refractivity (Wildman–Crippen MR) is 258 cm³/mol. The summed E-state index contributed by atoms with van der Waals surface area (Å²) in [7, 11) is 0. The van der Waals surface area contributed by atoms with E-state index in [2.05, 4.69) is 227 Å². The molecule has 9 aromatic rings. The Morgan fingerprint density at radius 1 is 0.371 bits per heavy atom. The van der Waals surface area contributed by atoms with E-state index in [0.717, 1.165) is 55.8 Å². The second kappa shape index (κ2) is 14.7. The van der Waals surface area contributed by atoms with Crippen molar-refractivity contribution in [3.8, 4) is 33.4 Å². The molecular weight excluding hydrogens is 751 g/mol. The lowest BCUT2D eigenvalue weighted by Gasteiger charge is -2.30. The number of rotatable bonds is 8. The van der Waals surface area contributed by atoms with E-state index in [-0.39, 0.29) is 16.9 Å². The van der Waals surface area contributed by atoms with Crippen LogP contribution in [0.3, 0.4) is 0 Å². The number of benzene rings is 9. The van der Waals surface area contributed by atoms with Crippen LogP contribution in [0.5, 0.6) is 0 Å². The van der Waals surface area contributed by atoms with Crippen molar-refractivity contribution in [3.05, 3.63) is 240 Å². The SMILES string of the molecule is CC1(C)c2ccccc2-c2ccc(N(c3ccc(-c4ccc(N=NC(c5ccccc5)c5ccccc5)c5ccccc45)cc3)c3ccc4c(c3)C(C)(C)c3ccccc3-4)cc21. The van der Waals surface area contributed by atoms with Gasteiger partial charge in [-0.2, -0.15) is 10.2 Å². The summed E-state index contributed by atoms with van der Waals surface area (Å²) in [5, 5.41) is 12.1. The van der Waals surface area contributed by atoms with Gasteiger partial charge in [-0.15, -0.1) is 0 Å². The molecule has 0 radical (unpaired) electrons. The summed E-state index contributed by atoms with van der Waals surface area (Å²) >= 11 is 0. The van der Waals surface area contributed by atoms with Gasteiger partial charge in [-0.05, 0) is 115 Å². The van der Waals surface area contributed by atoms with E-state index in [0.29, 0.717) is 0 Å². The van der Waals surface area contributed by atoms with Gasteiger partial charge in [0.05, 0.1) is 5.69 Å². The van der Waals surface area contributed by atoms with Gasteiger partial charge in [-0.3, -0.25) is 0 Å². The fourth-order valence-electron chi connectivity index (χ4n) is 10.2. The van der Waals surface area contributed by atoms with Gasteiger partial charge in [0.25, 0.3) is 0 Å². The highest BCUT2D eigenvalue weighted by Crippen LogP contribution is 2.53. The van der Waals surface area contributed by atoms with Crippen molar-refractivity contribution in [2.75, 3.05) is 4.90 Å². The minimum absolute atomic E-state index is 0.115. The lowest BCUT2D eigenvalue weighted by molar-refractivity contribution is 0.660. The molecule has 9 aromatic carbocycles. The molecule has 0 N–H and O–H groups in total. The number of fused-ring (bicyclic) bond motifs is 7. The third-order valence-corrected chi connectivity index (χ3v) is 13.5. The standard InChI is InChI=1S/C59H47N3/c1-58(2)52-25-15-13-22-47(52)49-33-31-43(37-54(49)58)62(44-32-34-50-48-23-14-16-26-53(48)59(3,4)55(50)38-44)42-29-27-39(28-30-42)45-35-36-56(51-24-12-11-21-46(45)51)60-61-57(40-17-7-5-8-18-40)41-19-9-6-10-20-41/h5-38,57H,1-4H3. The molecule has 0 aromatic heterocycles. The van der Waals surface area contributed by atoms with Crippen molar-refractivity contribution in [2.45, 2.75) is 44.6 Å². The second-order valence-electron chi connectivity index (χ2n) is 17.8. The van der Waals surface area contributed by atoms with Crippen LogP contribution in [0.2, 0.25) is 0 Å². The molecule has 3 nitrogen and oxygen atoms in total. The Hall–Kier alpha value is -7.36.